The molecule has 1 saturated heterocycles. The van der Waals surface area contributed by atoms with E-state index in [-0.39, 0.29) is 6.42 Å². The van der Waals surface area contributed by atoms with E-state index in [2.05, 4.69) is 9.47 Å². The molecule has 1 heterocycles. The minimum absolute atomic E-state index is 0.296. The molecule has 9 heteroatoms. The standard InChI is InChI=1S/C9H11F5O4/c1-3-5(15)18-6(2)4-17-8(16,7(6,10)11)9(12,13)14/h16H,3-4H2,1-2H3. The third-order valence-corrected chi connectivity index (χ3v) is 2.66. The highest BCUT2D eigenvalue weighted by Gasteiger charge is 2.82. The first-order chi connectivity index (χ1) is 7.91. The summed E-state index contributed by atoms with van der Waals surface area (Å²) in [5.41, 5.74) is -2.87. The summed E-state index contributed by atoms with van der Waals surface area (Å²) in [5.74, 6) is -10.6. The van der Waals surface area contributed by atoms with E-state index in [1.165, 1.54) is 6.92 Å². The Balaban J connectivity index is 3.12. The molecular formula is C9H11F5O4. The summed E-state index contributed by atoms with van der Waals surface area (Å²) in [4.78, 5) is 10.9. The Morgan fingerprint density at radius 2 is 1.94 bits per heavy atom. The molecule has 1 N–H and O–H groups in total. The van der Waals surface area contributed by atoms with Crippen LogP contribution in [0.5, 0.6) is 0 Å². The molecule has 1 rings (SSSR count). The predicted octanol–water partition coefficient (Wildman–Crippen LogP) is 1.61. The highest BCUT2D eigenvalue weighted by atomic mass is 19.4. The second kappa shape index (κ2) is 4.02. The average molecular weight is 278 g/mol. The smallest absolute Gasteiger partial charge is 0.449 e. The van der Waals surface area contributed by atoms with Gasteiger partial charge in [-0.15, -0.1) is 0 Å². The second-order valence-electron chi connectivity index (χ2n) is 4.06. The van der Waals surface area contributed by atoms with Crippen molar-refractivity contribution in [3.05, 3.63) is 0 Å². The van der Waals surface area contributed by atoms with Crippen molar-refractivity contribution in [2.24, 2.45) is 0 Å². The van der Waals surface area contributed by atoms with Crippen molar-refractivity contribution >= 4 is 5.97 Å². The lowest BCUT2D eigenvalue weighted by atomic mass is 9.94. The van der Waals surface area contributed by atoms with Gasteiger partial charge < -0.3 is 14.6 Å². The predicted molar refractivity (Wildman–Crippen MR) is 46.7 cm³/mol. The first-order valence-corrected chi connectivity index (χ1v) is 4.94. The van der Waals surface area contributed by atoms with Gasteiger partial charge in [0.25, 0.3) is 0 Å². The van der Waals surface area contributed by atoms with Crippen molar-refractivity contribution < 1.29 is 41.3 Å². The van der Waals surface area contributed by atoms with Crippen LogP contribution in [-0.4, -0.2) is 41.2 Å². The largest absolute Gasteiger partial charge is 0.450 e. The first kappa shape index (κ1) is 15.1. The van der Waals surface area contributed by atoms with Crippen molar-refractivity contribution in [3.8, 4) is 0 Å². The fourth-order valence-corrected chi connectivity index (χ4v) is 1.46. The van der Waals surface area contributed by atoms with Crippen LogP contribution in [-0.2, 0) is 14.3 Å². The van der Waals surface area contributed by atoms with E-state index in [1.807, 2.05) is 0 Å². The maximum atomic E-state index is 13.7. The van der Waals surface area contributed by atoms with Gasteiger partial charge in [0.05, 0.1) is 6.61 Å². The van der Waals surface area contributed by atoms with E-state index in [1.54, 1.807) is 0 Å². The van der Waals surface area contributed by atoms with Gasteiger partial charge >= 0.3 is 23.9 Å². The number of esters is 1. The molecule has 0 aliphatic carbocycles. The molecular weight excluding hydrogens is 267 g/mol. The van der Waals surface area contributed by atoms with Crippen molar-refractivity contribution in [1.82, 2.24) is 0 Å². The van der Waals surface area contributed by atoms with E-state index in [0.29, 0.717) is 6.92 Å². The number of alkyl halides is 5. The zero-order chi connectivity index (χ0) is 14.4. The quantitative estimate of drug-likeness (QED) is 0.616. The number of carbonyl (C=O) groups excluding carboxylic acids is 1. The number of hydrogen-bond acceptors (Lipinski definition) is 4. The fourth-order valence-electron chi connectivity index (χ4n) is 1.46. The molecule has 4 nitrogen and oxygen atoms in total. The van der Waals surface area contributed by atoms with Crippen LogP contribution in [0.25, 0.3) is 0 Å². The molecule has 0 aromatic heterocycles. The molecule has 0 amide bonds. The SMILES string of the molecule is CCC(=O)OC1(C)COC(O)(C(F)(F)F)C1(F)F. The molecule has 2 atom stereocenters. The summed E-state index contributed by atoms with van der Waals surface area (Å²) < 4.78 is 72.6. The lowest BCUT2D eigenvalue weighted by molar-refractivity contribution is -0.409. The number of hydrogen-bond donors (Lipinski definition) is 1. The highest BCUT2D eigenvalue weighted by molar-refractivity contribution is 5.69. The van der Waals surface area contributed by atoms with Gasteiger partial charge in [0.2, 0.25) is 5.60 Å². The molecule has 1 aliphatic rings. The summed E-state index contributed by atoms with van der Waals surface area (Å²) in [5, 5.41) is 8.99. The molecule has 1 aliphatic heterocycles. The van der Waals surface area contributed by atoms with Gasteiger partial charge in [0.15, 0.2) is 0 Å². The van der Waals surface area contributed by atoms with Crippen LogP contribution in [0.1, 0.15) is 20.3 Å². The molecule has 0 aromatic rings. The van der Waals surface area contributed by atoms with E-state index in [9.17, 15) is 26.7 Å². The minimum Gasteiger partial charge on any atom is -0.450 e. The van der Waals surface area contributed by atoms with E-state index in [4.69, 9.17) is 5.11 Å². The van der Waals surface area contributed by atoms with Gasteiger partial charge in [-0.2, -0.15) is 22.0 Å². The molecule has 0 radical (unpaired) electrons. The number of carbonyl (C=O) groups is 1. The van der Waals surface area contributed by atoms with Crippen molar-refractivity contribution in [1.29, 1.82) is 0 Å². The zero-order valence-corrected chi connectivity index (χ0v) is 9.48. The molecule has 0 spiro atoms. The van der Waals surface area contributed by atoms with E-state index in [0.717, 1.165) is 0 Å². The molecule has 2 unspecified atom stereocenters. The van der Waals surface area contributed by atoms with Crippen LogP contribution in [0, 0.1) is 0 Å². The van der Waals surface area contributed by atoms with Crippen LogP contribution < -0.4 is 0 Å². The third kappa shape index (κ3) is 1.85. The number of halogens is 5. The highest BCUT2D eigenvalue weighted by Crippen LogP contribution is 2.54. The van der Waals surface area contributed by atoms with Crippen LogP contribution in [0.15, 0.2) is 0 Å². The minimum atomic E-state index is -5.72. The first-order valence-electron chi connectivity index (χ1n) is 4.94. The molecule has 106 valence electrons. The summed E-state index contributed by atoms with van der Waals surface area (Å²) in [6.07, 6.45) is -6.01. The maximum absolute atomic E-state index is 13.7. The van der Waals surface area contributed by atoms with Gasteiger partial charge in [-0.3, -0.25) is 4.79 Å². The van der Waals surface area contributed by atoms with Crippen molar-refractivity contribution in [2.45, 2.75) is 43.8 Å². The van der Waals surface area contributed by atoms with Crippen LogP contribution in [0.4, 0.5) is 22.0 Å². The van der Waals surface area contributed by atoms with Gasteiger partial charge in [0, 0.05) is 6.42 Å². The Bertz CT molecular complexity index is 355. The summed E-state index contributed by atoms with van der Waals surface area (Å²) >= 11 is 0. The Labute approximate surface area is 98.7 Å². The molecule has 1 fully saturated rings. The lowest BCUT2D eigenvalue weighted by Crippen LogP contribution is -2.63. The Kier molecular flexibility index (Phi) is 3.37. The summed E-state index contributed by atoms with van der Waals surface area (Å²) in [7, 11) is 0. The normalized spacial score (nSPS) is 35.6. The lowest BCUT2D eigenvalue weighted by Gasteiger charge is -2.35. The molecule has 0 aromatic carbocycles. The topological polar surface area (TPSA) is 55.8 Å². The van der Waals surface area contributed by atoms with Gasteiger partial charge in [-0.05, 0) is 6.92 Å². The monoisotopic (exact) mass is 278 g/mol. The third-order valence-electron chi connectivity index (χ3n) is 2.66. The van der Waals surface area contributed by atoms with Crippen LogP contribution in [0.3, 0.4) is 0 Å². The van der Waals surface area contributed by atoms with Gasteiger partial charge in [-0.25, -0.2) is 0 Å². The van der Waals surface area contributed by atoms with Gasteiger partial charge in [0.1, 0.15) is 0 Å². The van der Waals surface area contributed by atoms with Crippen molar-refractivity contribution in [2.75, 3.05) is 6.61 Å². The van der Waals surface area contributed by atoms with Crippen molar-refractivity contribution in [3.63, 3.8) is 0 Å². The molecule has 18 heavy (non-hydrogen) atoms. The van der Waals surface area contributed by atoms with Gasteiger partial charge in [-0.1, -0.05) is 6.92 Å². The molecule has 0 saturated carbocycles. The summed E-state index contributed by atoms with van der Waals surface area (Å²) in [6.45, 7) is 0.599. The Morgan fingerprint density at radius 3 is 2.28 bits per heavy atom. The van der Waals surface area contributed by atoms with Crippen LogP contribution in [0.2, 0.25) is 0 Å². The average Bonchev–Trinajstić information content (AvgIpc) is 2.39. The number of ether oxygens (including phenoxy) is 2. The van der Waals surface area contributed by atoms with E-state index >= 15 is 0 Å². The number of aliphatic hydroxyl groups is 1. The molecule has 0 bridgehead atoms. The number of rotatable bonds is 2. The fraction of sp³-hybridized carbons (Fsp3) is 0.889. The Morgan fingerprint density at radius 1 is 1.44 bits per heavy atom. The zero-order valence-electron chi connectivity index (χ0n) is 9.48. The maximum Gasteiger partial charge on any atom is 0.449 e. The Hall–Kier alpha value is -0.960. The summed E-state index contributed by atoms with van der Waals surface area (Å²) in [6, 6.07) is 0. The van der Waals surface area contributed by atoms with Crippen LogP contribution >= 0.6 is 0 Å². The second-order valence-corrected chi connectivity index (χ2v) is 4.06. The van der Waals surface area contributed by atoms with E-state index < -0.39 is 36.1 Å².